The van der Waals surface area contributed by atoms with Gasteiger partial charge in [-0.05, 0) is 42.7 Å². The van der Waals surface area contributed by atoms with E-state index in [1.807, 2.05) is 37.3 Å². The molecule has 0 aliphatic rings. The van der Waals surface area contributed by atoms with Crippen molar-refractivity contribution < 1.29 is 4.79 Å². The second kappa shape index (κ2) is 8.39. The smallest absolute Gasteiger partial charge is 0.225 e. The number of hydrogen-bond donors (Lipinski definition) is 2. The van der Waals surface area contributed by atoms with Crippen molar-refractivity contribution in [3.05, 3.63) is 53.2 Å². The van der Waals surface area contributed by atoms with Crippen LogP contribution in [0.15, 0.2) is 42.6 Å². The summed E-state index contributed by atoms with van der Waals surface area (Å²) >= 11 is 5.86. The lowest BCUT2D eigenvalue weighted by Gasteiger charge is -2.08. The summed E-state index contributed by atoms with van der Waals surface area (Å²) in [4.78, 5) is 15.7. The Kier molecular flexibility index (Phi) is 6.22. The van der Waals surface area contributed by atoms with Gasteiger partial charge in [0.1, 0.15) is 5.82 Å². The Morgan fingerprint density at radius 2 is 1.95 bits per heavy atom. The van der Waals surface area contributed by atoms with Gasteiger partial charge in [0.25, 0.3) is 0 Å². The van der Waals surface area contributed by atoms with E-state index in [0.29, 0.717) is 12.2 Å². The maximum Gasteiger partial charge on any atom is 0.225 e. The van der Waals surface area contributed by atoms with Crippen LogP contribution in [0.4, 0.5) is 11.5 Å². The molecule has 1 heterocycles. The number of carbonyl (C=O) groups is 1. The van der Waals surface area contributed by atoms with Gasteiger partial charge in [-0.3, -0.25) is 4.79 Å². The standard InChI is InChI=1S/C17H20ClN3O/c1-2-3-17(22)21-16-9-8-15(12-20-16)19-11-10-13-4-6-14(18)7-5-13/h4-9,12,19H,2-3,10-11H2,1H3,(H,20,21,22). The number of carbonyl (C=O) groups excluding carboxylic acids is 1. The summed E-state index contributed by atoms with van der Waals surface area (Å²) < 4.78 is 0. The lowest BCUT2D eigenvalue weighted by atomic mass is 10.1. The summed E-state index contributed by atoms with van der Waals surface area (Å²) in [5, 5.41) is 6.82. The minimum Gasteiger partial charge on any atom is -0.383 e. The Morgan fingerprint density at radius 3 is 2.59 bits per heavy atom. The van der Waals surface area contributed by atoms with Crippen LogP contribution in [0.3, 0.4) is 0 Å². The van der Waals surface area contributed by atoms with Crippen molar-refractivity contribution in [1.82, 2.24) is 4.98 Å². The van der Waals surface area contributed by atoms with E-state index in [4.69, 9.17) is 11.6 Å². The molecule has 0 atom stereocenters. The van der Waals surface area contributed by atoms with E-state index in [2.05, 4.69) is 15.6 Å². The van der Waals surface area contributed by atoms with Crippen molar-refractivity contribution in [1.29, 1.82) is 0 Å². The zero-order valence-corrected chi connectivity index (χ0v) is 13.4. The van der Waals surface area contributed by atoms with Crippen LogP contribution in [0.2, 0.25) is 5.02 Å². The monoisotopic (exact) mass is 317 g/mol. The minimum atomic E-state index is -0.00144. The van der Waals surface area contributed by atoms with E-state index < -0.39 is 0 Å². The van der Waals surface area contributed by atoms with Crippen molar-refractivity contribution in [2.75, 3.05) is 17.2 Å². The van der Waals surface area contributed by atoms with E-state index in [9.17, 15) is 4.79 Å². The molecule has 2 aromatic rings. The van der Waals surface area contributed by atoms with Gasteiger partial charge < -0.3 is 10.6 Å². The quantitative estimate of drug-likeness (QED) is 0.807. The van der Waals surface area contributed by atoms with Crippen molar-refractivity contribution in [3.63, 3.8) is 0 Å². The predicted molar refractivity (Wildman–Crippen MR) is 91.4 cm³/mol. The van der Waals surface area contributed by atoms with Crippen molar-refractivity contribution >= 4 is 29.0 Å². The lowest BCUT2D eigenvalue weighted by Crippen LogP contribution is -2.12. The molecular weight excluding hydrogens is 298 g/mol. The molecule has 0 bridgehead atoms. The van der Waals surface area contributed by atoms with Crippen LogP contribution in [-0.2, 0) is 11.2 Å². The topological polar surface area (TPSA) is 54.0 Å². The van der Waals surface area contributed by atoms with Crippen LogP contribution >= 0.6 is 11.6 Å². The summed E-state index contributed by atoms with van der Waals surface area (Å²) in [6.07, 6.45) is 3.98. The lowest BCUT2D eigenvalue weighted by molar-refractivity contribution is -0.116. The molecule has 2 rings (SSSR count). The average molecular weight is 318 g/mol. The zero-order chi connectivity index (χ0) is 15.8. The zero-order valence-electron chi connectivity index (χ0n) is 12.6. The number of amides is 1. The van der Waals surface area contributed by atoms with Crippen LogP contribution < -0.4 is 10.6 Å². The van der Waals surface area contributed by atoms with E-state index in [1.54, 1.807) is 12.3 Å². The summed E-state index contributed by atoms with van der Waals surface area (Å²) in [6.45, 7) is 2.78. The Bertz CT molecular complexity index is 596. The summed E-state index contributed by atoms with van der Waals surface area (Å²) in [7, 11) is 0. The fourth-order valence-electron chi connectivity index (χ4n) is 2.01. The molecular formula is C17H20ClN3O. The van der Waals surface area contributed by atoms with Crippen LogP contribution in [0.5, 0.6) is 0 Å². The summed E-state index contributed by atoms with van der Waals surface area (Å²) in [6, 6.07) is 11.6. The molecule has 0 saturated carbocycles. The number of rotatable bonds is 7. The molecule has 1 amide bonds. The minimum absolute atomic E-state index is 0.00144. The predicted octanol–water partition coefficient (Wildman–Crippen LogP) is 4.13. The molecule has 1 aromatic carbocycles. The van der Waals surface area contributed by atoms with Gasteiger partial charge in [0, 0.05) is 18.0 Å². The van der Waals surface area contributed by atoms with E-state index in [-0.39, 0.29) is 5.91 Å². The molecule has 5 heteroatoms. The van der Waals surface area contributed by atoms with Crippen LogP contribution in [0.1, 0.15) is 25.3 Å². The maximum absolute atomic E-state index is 11.5. The van der Waals surface area contributed by atoms with Gasteiger partial charge >= 0.3 is 0 Å². The van der Waals surface area contributed by atoms with Crippen molar-refractivity contribution in [2.45, 2.75) is 26.2 Å². The first kappa shape index (κ1) is 16.3. The fraction of sp³-hybridized carbons (Fsp3) is 0.294. The number of pyridine rings is 1. The fourth-order valence-corrected chi connectivity index (χ4v) is 2.13. The largest absolute Gasteiger partial charge is 0.383 e. The molecule has 116 valence electrons. The van der Waals surface area contributed by atoms with E-state index in [1.165, 1.54) is 5.56 Å². The first-order chi connectivity index (χ1) is 10.7. The van der Waals surface area contributed by atoms with Crippen LogP contribution in [0.25, 0.3) is 0 Å². The third-order valence-electron chi connectivity index (χ3n) is 3.16. The Hall–Kier alpha value is -2.07. The molecule has 22 heavy (non-hydrogen) atoms. The second-order valence-electron chi connectivity index (χ2n) is 5.03. The SMILES string of the molecule is CCCC(=O)Nc1ccc(NCCc2ccc(Cl)cc2)cn1. The Morgan fingerprint density at radius 1 is 1.18 bits per heavy atom. The van der Waals surface area contributed by atoms with Gasteiger partial charge in [0.15, 0.2) is 0 Å². The summed E-state index contributed by atoms with van der Waals surface area (Å²) in [5.41, 5.74) is 2.16. The van der Waals surface area contributed by atoms with Gasteiger partial charge in [-0.1, -0.05) is 30.7 Å². The van der Waals surface area contributed by atoms with Gasteiger partial charge in [-0.25, -0.2) is 4.98 Å². The van der Waals surface area contributed by atoms with Crippen molar-refractivity contribution in [2.24, 2.45) is 0 Å². The third-order valence-corrected chi connectivity index (χ3v) is 3.42. The molecule has 0 saturated heterocycles. The number of nitrogens with zero attached hydrogens (tertiary/aromatic N) is 1. The van der Waals surface area contributed by atoms with Crippen LogP contribution in [0, 0.1) is 0 Å². The highest BCUT2D eigenvalue weighted by molar-refractivity contribution is 6.30. The number of anilines is 2. The molecule has 2 N–H and O–H groups in total. The highest BCUT2D eigenvalue weighted by Gasteiger charge is 2.01. The number of halogens is 1. The van der Waals surface area contributed by atoms with Crippen LogP contribution in [-0.4, -0.2) is 17.4 Å². The normalized spacial score (nSPS) is 10.3. The van der Waals surface area contributed by atoms with Gasteiger partial charge in [0.05, 0.1) is 11.9 Å². The Labute approximate surface area is 135 Å². The third kappa shape index (κ3) is 5.37. The number of benzene rings is 1. The Balaban J connectivity index is 1.78. The number of hydrogen-bond acceptors (Lipinski definition) is 3. The summed E-state index contributed by atoms with van der Waals surface area (Å²) in [5.74, 6) is 0.583. The first-order valence-electron chi connectivity index (χ1n) is 7.41. The van der Waals surface area contributed by atoms with E-state index in [0.717, 1.165) is 30.1 Å². The molecule has 0 aliphatic carbocycles. The average Bonchev–Trinajstić information content (AvgIpc) is 2.51. The molecule has 0 radical (unpaired) electrons. The molecule has 1 aromatic heterocycles. The molecule has 0 spiro atoms. The second-order valence-corrected chi connectivity index (χ2v) is 5.47. The molecule has 0 fully saturated rings. The number of aromatic nitrogens is 1. The molecule has 0 aliphatic heterocycles. The highest BCUT2D eigenvalue weighted by atomic mass is 35.5. The molecule has 4 nitrogen and oxygen atoms in total. The molecule has 0 unspecified atom stereocenters. The van der Waals surface area contributed by atoms with Crippen molar-refractivity contribution in [3.8, 4) is 0 Å². The highest BCUT2D eigenvalue weighted by Crippen LogP contribution is 2.12. The first-order valence-corrected chi connectivity index (χ1v) is 7.79. The number of nitrogens with one attached hydrogen (secondary N) is 2. The van der Waals surface area contributed by atoms with E-state index >= 15 is 0 Å². The van der Waals surface area contributed by atoms with Gasteiger partial charge in [-0.2, -0.15) is 0 Å². The van der Waals surface area contributed by atoms with Gasteiger partial charge in [0.2, 0.25) is 5.91 Å². The van der Waals surface area contributed by atoms with Gasteiger partial charge in [-0.15, -0.1) is 0 Å². The maximum atomic E-state index is 11.5.